The number of ether oxygens (including phenoxy) is 1. The van der Waals surface area contributed by atoms with Gasteiger partial charge in [0, 0.05) is 42.2 Å². The first kappa shape index (κ1) is 26.5. The van der Waals surface area contributed by atoms with E-state index in [4.69, 9.17) is 4.74 Å². The van der Waals surface area contributed by atoms with Gasteiger partial charge in [0.25, 0.3) is 17.1 Å². The van der Waals surface area contributed by atoms with Crippen molar-refractivity contribution in [1.29, 1.82) is 0 Å². The van der Waals surface area contributed by atoms with Crippen molar-refractivity contribution in [1.82, 2.24) is 9.47 Å². The molecule has 3 heterocycles. The number of carbonyl (C=O) groups is 3. The van der Waals surface area contributed by atoms with E-state index in [-0.39, 0.29) is 17.1 Å². The molecule has 1 saturated heterocycles. The van der Waals surface area contributed by atoms with Crippen molar-refractivity contribution in [3.05, 3.63) is 74.3 Å². The van der Waals surface area contributed by atoms with E-state index in [1.54, 1.807) is 24.5 Å². The molecule has 0 atom stereocenters. The van der Waals surface area contributed by atoms with E-state index in [1.807, 2.05) is 50.2 Å². The van der Waals surface area contributed by atoms with Gasteiger partial charge in [0.05, 0.1) is 10.5 Å². The van der Waals surface area contributed by atoms with Gasteiger partial charge in [0.15, 0.2) is 0 Å². The summed E-state index contributed by atoms with van der Waals surface area (Å²) in [6.07, 6.45) is 6.48. The van der Waals surface area contributed by atoms with Crippen molar-refractivity contribution in [3.8, 4) is 5.00 Å². The molecular formula is C29H31N3O4S2. The summed E-state index contributed by atoms with van der Waals surface area (Å²) >= 11 is 2.66. The van der Waals surface area contributed by atoms with E-state index in [1.165, 1.54) is 9.78 Å². The van der Waals surface area contributed by atoms with Gasteiger partial charge in [-0.3, -0.25) is 19.3 Å². The van der Waals surface area contributed by atoms with E-state index in [9.17, 15) is 14.4 Å². The van der Waals surface area contributed by atoms with Crippen LogP contribution in [-0.4, -0.2) is 46.8 Å². The van der Waals surface area contributed by atoms with Crippen LogP contribution in [0.1, 0.15) is 57.0 Å². The van der Waals surface area contributed by atoms with Crippen molar-refractivity contribution >= 4 is 51.9 Å². The molecule has 0 saturated carbocycles. The van der Waals surface area contributed by atoms with Gasteiger partial charge in [0.1, 0.15) is 5.00 Å². The molecule has 0 spiro atoms. The number of methoxy groups -OCH3 is 1. The number of rotatable bonds is 8. The summed E-state index contributed by atoms with van der Waals surface area (Å²) in [6, 6.07) is 11.5. The fraction of sp³-hybridized carbons (Fsp3) is 0.345. The van der Waals surface area contributed by atoms with Crippen LogP contribution < -0.4 is 5.32 Å². The molecule has 9 heteroatoms. The number of fused-ring (bicyclic) bond motifs is 1. The van der Waals surface area contributed by atoms with Crippen LogP contribution in [0, 0.1) is 13.8 Å². The summed E-state index contributed by atoms with van der Waals surface area (Å²) in [5.74, 6) is -0.368. The number of hydrogen-bond donors (Lipinski definition) is 1. The van der Waals surface area contributed by atoms with Crippen LogP contribution in [0.25, 0.3) is 11.1 Å². The molecule has 3 amide bonds. The highest BCUT2D eigenvalue weighted by molar-refractivity contribution is 8.18. The average molecular weight is 550 g/mol. The largest absolute Gasteiger partial charge is 0.385 e. The summed E-state index contributed by atoms with van der Waals surface area (Å²) in [6.45, 7) is 4.85. The SMILES string of the molecule is COCCCN1C(=O)S/C(=C/c2cc(C)n(-c3sc4c(c3C(=O)Nc3ccccc3)CCCC4)c2C)C1=O. The Hall–Kier alpha value is -3.14. The number of thiophene rings is 1. The molecule has 2 aliphatic rings. The quantitative estimate of drug-likeness (QED) is 0.261. The second-order valence-corrected chi connectivity index (χ2v) is 11.6. The van der Waals surface area contributed by atoms with Gasteiger partial charge >= 0.3 is 0 Å². The first-order valence-corrected chi connectivity index (χ1v) is 14.5. The van der Waals surface area contributed by atoms with Gasteiger partial charge in [-0.15, -0.1) is 11.3 Å². The molecule has 1 aliphatic carbocycles. The van der Waals surface area contributed by atoms with Gasteiger partial charge in [-0.25, -0.2) is 0 Å². The summed E-state index contributed by atoms with van der Waals surface area (Å²) < 4.78 is 7.18. The van der Waals surface area contributed by atoms with Crippen LogP contribution in [0.4, 0.5) is 10.5 Å². The highest BCUT2D eigenvalue weighted by Gasteiger charge is 2.35. The van der Waals surface area contributed by atoms with Gasteiger partial charge in [-0.05, 0) is 93.1 Å². The minimum atomic E-state index is -0.268. The maximum atomic E-state index is 13.6. The van der Waals surface area contributed by atoms with E-state index < -0.39 is 0 Å². The molecule has 1 aliphatic heterocycles. The number of thioether (sulfide) groups is 1. The first-order chi connectivity index (χ1) is 18.4. The molecular weight excluding hydrogens is 518 g/mol. The van der Waals surface area contributed by atoms with Crippen LogP contribution in [0.2, 0.25) is 0 Å². The molecule has 1 aromatic carbocycles. The predicted octanol–water partition coefficient (Wildman–Crippen LogP) is 6.36. The monoisotopic (exact) mass is 549 g/mol. The van der Waals surface area contributed by atoms with Crippen LogP contribution in [0.3, 0.4) is 0 Å². The van der Waals surface area contributed by atoms with Crippen molar-refractivity contribution in [3.63, 3.8) is 0 Å². The number of nitrogens with one attached hydrogen (secondary N) is 1. The molecule has 1 fully saturated rings. The Morgan fingerprint density at radius 3 is 2.66 bits per heavy atom. The summed E-state index contributed by atoms with van der Waals surface area (Å²) in [7, 11) is 1.60. The van der Waals surface area contributed by atoms with E-state index in [0.717, 1.165) is 76.2 Å². The Balaban J connectivity index is 1.50. The van der Waals surface area contributed by atoms with E-state index >= 15 is 0 Å². The van der Waals surface area contributed by atoms with Crippen LogP contribution in [0.15, 0.2) is 41.3 Å². The maximum absolute atomic E-state index is 13.6. The topological polar surface area (TPSA) is 80.6 Å². The lowest BCUT2D eigenvalue weighted by Gasteiger charge is -2.14. The minimum Gasteiger partial charge on any atom is -0.385 e. The fourth-order valence-electron chi connectivity index (χ4n) is 5.11. The maximum Gasteiger partial charge on any atom is 0.293 e. The molecule has 5 rings (SSSR count). The zero-order valence-corrected chi connectivity index (χ0v) is 23.5. The summed E-state index contributed by atoms with van der Waals surface area (Å²) in [5, 5.41) is 3.75. The lowest BCUT2D eigenvalue weighted by molar-refractivity contribution is -0.122. The lowest BCUT2D eigenvalue weighted by Crippen LogP contribution is -2.29. The van der Waals surface area contributed by atoms with Crippen LogP contribution in [0.5, 0.6) is 0 Å². The molecule has 2 aromatic heterocycles. The van der Waals surface area contributed by atoms with E-state index in [0.29, 0.717) is 24.5 Å². The Kier molecular flexibility index (Phi) is 7.88. The molecule has 1 N–H and O–H groups in total. The predicted molar refractivity (Wildman–Crippen MR) is 153 cm³/mol. The van der Waals surface area contributed by atoms with Gasteiger partial charge in [-0.1, -0.05) is 18.2 Å². The number of para-hydroxylation sites is 1. The number of hydrogen-bond acceptors (Lipinski definition) is 6. The Morgan fingerprint density at radius 1 is 1.13 bits per heavy atom. The molecule has 198 valence electrons. The smallest absolute Gasteiger partial charge is 0.293 e. The molecule has 0 radical (unpaired) electrons. The molecule has 7 nitrogen and oxygen atoms in total. The molecule has 38 heavy (non-hydrogen) atoms. The van der Waals surface area contributed by atoms with Crippen LogP contribution >= 0.6 is 23.1 Å². The third kappa shape index (κ3) is 5.10. The number of carbonyl (C=O) groups excluding carboxylic acids is 3. The second-order valence-electron chi connectivity index (χ2n) is 9.55. The Bertz CT molecular complexity index is 1420. The Morgan fingerprint density at radius 2 is 1.89 bits per heavy atom. The highest BCUT2D eigenvalue weighted by atomic mass is 32.2. The molecule has 0 bridgehead atoms. The summed E-state index contributed by atoms with van der Waals surface area (Å²) in [5.41, 5.74) is 5.42. The first-order valence-electron chi connectivity index (χ1n) is 12.8. The van der Waals surface area contributed by atoms with Crippen molar-refractivity contribution in [2.75, 3.05) is 25.6 Å². The van der Waals surface area contributed by atoms with Crippen LogP contribution in [-0.2, 0) is 22.4 Å². The van der Waals surface area contributed by atoms with Gasteiger partial charge in [-0.2, -0.15) is 0 Å². The number of anilines is 1. The normalized spacial score (nSPS) is 16.4. The Labute approximate surface area is 230 Å². The number of amides is 3. The molecule has 0 unspecified atom stereocenters. The average Bonchev–Trinajstić information content (AvgIpc) is 3.51. The van der Waals surface area contributed by atoms with Gasteiger partial charge < -0.3 is 14.6 Å². The number of nitrogens with zero attached hydrogens (tertiary/aromatic N) is 2. The molecule has 3 aromatic rings. The van der Waals surface area contributed by atoms with Crippen molar-refractivity contribution in [2.45, 2.75) is 46.0 Å². The van der Waals surface area contributed by atoms with Crippen molar-refractivity contribution in [2.24, 2.45) is 0 Å². The standard InChI is InChI=1S/C29H31N3O4S2/c1-18-16-20(17-24-27(34)31(29(35)38-24)14-9-15-36-3)19(2)32(18)28-25(22-12-7-8-13-23(22)37-28)26(33)30-21-10-5-4-6-11-21/h4-6,10-11,16-17H,7-9,12-15H2,1-3H3,(H,30,33)/b24-17+. The van der Waals surface area contributed by atoms with Crippen molar-refractivity contribution < 1.29 is 19.1 Å². The summed E-state index contributed by atoms with van der Waals surface area (Å²) in [4.78, 5) is 42.1. The third-order valence-electron chi connectivity index (χ3n) is 6.98. The van der Waals surface area contributed by atoms with E-state index in [2.05, 4.69) is 9.88 Å². The fourth-order valence-corrected chi connectivity index (χ4v) is 7.46. The zero-order valence-electron chi connectivity index (χ0n) is 21.8. The van der Waals surface area contributed by atoms with Gasteiger partial charge in [0.2, 0.25) is 0 Å². The number of imide groups is 1. The lowest BCUT2D eigenvalue weighted by atomic mass is 9.95. The third-order valence-corrected chi connectivity index (χ3v) is 9.16. The number of aromatic nitrogens is 1. The minimum absolute atomic E-state index is 0.100. The zero-order chi connectivity index (χ0) is 26.8. The number of aryl methyl sites for hydroxylation is 2. The second kappa shape index (κ2) is 11.3. The number of benzene rings is 1. The highest BCUT2D eigenvalue weighted by Crippen LogP contribution is 2.40.